The minimum atomic E-state index is -1.04. The van der Waals surface area contributed by atoms with Crippen molar-refractivity contribution in [3.05, 3.63) is 58.7 Å². The molecule has 2 fully saturated rings. The zero-order valence-corrected chi connectivity index (χ0v) is 20.4. The van der Waals surface area contributed by atoms with E-state index in [0.29, 0.717) is 22.9 Å². The summed E-state index contributed by atoms with van der Waals surface area (Å²) in [5.41, 5.74) is 1.60. The average molecular weight is 497 g/mol. The SMILES string of the molecule is Cn1ncc2ccc(C(=O)C(=O)N[C@H](CN3CCCC3)[C@H](O)c3ccc(OC4CC4)c(Cl)c3)cc21. The van der Waals surface area contributed by atoms with Crippen molar-refractivity contribution in [1.82, 2.24) is 20.0 Å². The van der Waals surface area contributed by atoms with E-state index in [-0.39, 0.29) is 11.7 Å². The first-order valence-corrected chi connectivity index (χ1v) is 12.4. The summed E-state index contributed by atoms with van der Waals surface area (Å²) in [5.74, 6) is -0.821. The highest BCUT2D eigenvalue weighted by Crippen LogP contribution is 2.34. The number of hydrogen-bond acceptors (Lipinski definition) is 6. The molecule has 1 saturated carbocycles. The Balaban J connectivity index is 1.34. The minimum Gasteiger partial charge on any atom is -0.489 e. The van der Waals surface area contributed by atoms with Gasteiger partial charge in [-0.2, -0.15) is 5.10 Å². The molecule has 9 heteroatoms. The molecular weight excluding hydrogens is 468 g/mol. The molecule has 0 radical (unpaired) electrons. The molecule has 0 spiro atoms. The van der Waals surface area contributed by atoms with Crippen LogP contribution >= 0.6 is 11.6 Å². The molecular formula is C26H29ClN4O4. The third-order valence-corrected chi connectivity index (χ3v) is 6.98. The summed E-state index contributed by atoms with van der Waals surface area (Å²) in [7, 11) is 1.78. The zero-order chi connectivity index (χ0) is 24.5. The highest BCUT2D eigenvalue weighted by Gasteiger charge is 2.30. The largest absolute Gasteiger partial charge is 0.489 e. The number of aromatic nitrogens is 2. The van der Waals surface area contributed by atoms with E-state index in [9.17, 15) is 14.7 Å². The number of ketones is 1. The highest BCUT2D eigenvalue weighted by atomic mass is 35.5. The van der Waals surface area contributed by atoms with Crippen LogP contribution in [0.3, 0.4) is 0 Å². The first kappa shape index (κ1) is 23.8. The Bertz CT molecular complexity index is 1250. The second kappa shape index (κ2) is 9.97. The van der Waals surface area contributed by atoms with Crippen molar-refractivity contribution in [3.63, 3.8) is 0 Å². The number of ether oxygens (including phenoxy) is 1. The number of amides is 1. The molecule has 5 rings (SSSR count). The van der Waals surface area contributed by atoms with Gasteiger partial charge in [0.05, 0.1) is 28.9 Å². The third kappa shape index (κ3) is 5.34. The maximum atomic E-state index is 13.0. The van der Waals surface area contributed by atoms with Crippen LogP contribution in [0.4, 0.5) is 0 Å². The molecule has 1 aliphatic heterocycles. The number of rotatable bonds is 9. The number of Topliss-reactive ketones (excluding diaryl/α,β-unsaturated/α-hetero) is 1. The van der Waals surface area contributed by atoms with E-state index in [1.165, 1.54) is 0 Å². The number of carbonyl (C=O) groups is 2. The van der Waals surface area contributed by atoms with E-state index in [1.54, 1.807) is 54.3 Å². The summed E-state index contributed by atoms with van der Waals surface area (Å²) >= 11 is 6.41. The molecule has 1 saturated heterocycles. The molecule has 1 amide bonds. The highest BCUT2D eigenvalue weighted by molar-refractivity contribution is 6.43. The van der Waals surface area contributed by atoms with Crippen LogP contribution in [0.15, 0.2) is 42.6 Å². The summed E-state index contributed by atoms with van der Waals surface area (Å²) in [5, 5.41) is 19.5. The van der Waals surface area contributed by atoms with Crippen molar-refractivity contribution in [2.75, 3.05) is 19.6 Å². The topological polar surface area (TPSA) is 96.7 Å². The number of carbonyl (C=O) groups excluding carboxylic acids is 2. The van der Waals surface area contributed by atoms with E-state index in [0.717, 1.165) is 49.7 Å². The molecule has 0 bridgehead atoms. The van der Waals surface area contributed by atoms with E-state index in [2.05, 4.69) is 15.3 Å². The van der Waals surface area contributed by atoms with Crippen LogP contribution in [0.5, 0.6) is 5.75 Å². The van der Waals surface area contributed by atoms with Crippen LogP contribution < -0.4 is 10.1 Å². The second-order valence-electron chi connectivity index (χ2n) is 9.41. The smallest absolute Gasteiger partial charge is 0.292 e. The first-order chi connectivity index (χ1) is 16.9. The summed E-state index contributed by atoms with van der Waals surface area (Å²) in [6, 6.07) is 9.55. The molecule has 1 aromatic heterocycles. The molecule has 2 aliphatic rings. The Morgan fingerprint density at radius 1 is 1.20 bits per heavy atom. The van der Waals surface area contributed by atoms with Crippen molar-refractivity contribution in [3.8, 4) is 5.75 Å². The zero-order valence-electron chi connectivity index (χ0n) is 19.6. The van der Waals surface area contributed by atoms with Gasteiger partial charge in [-0.05, 0) is 62.5 Å². The van der Waals surface area contributed by atoms with Gasteiger partial charge in [0.1, 0.15) is 11.9 Å². The Morgan fingerprint density at radius 2 is 1.97 bits per heavy atom. The number of hydrogen-bond donors (Lipinski definition) is 2. The Kier molecular flexibility index (Phi) is 6.77. The molecule has 0 unspecified atom stereocenters. The fourth-order valence-electron chi connectivity index (χ4n) is 4.51. The van der Waals surface area contributed by atoms with Crippen molar-refractivity contribution in [2.45, 2.75) is 43.9 Å². The van der Waals surface area contributed by atoms with Crippen LogP contribution in [-0.2, 0) is 11.8 Å². The van der Waals surface area contributed by atoms with Gasteiger partial charge in [-0.1, -0.05) is 29.8 Å². The quantitative estimate of drug-likeness (QED) is 0.348. The first-order valence-electron chi connectivity index (χ1n) is 12.0. The fourth-order valence-corrected chi connectivity index (χ4v) is 4.75. The monoisotopic (exact) mass is 496 g/mol. The molecule has 3 aromatic rings. The number of aryl methyl sites for hydroxylation is 1. The summed E-state index contributed by atoms with van der Waals surface area (Å²) in [4.78, 5) is 28.2. The van der Waals surface area contributed by atoms with Gasteiger partial charge in [0.2, 0.25) is 5.78 Å². The molecule has 2 atom stereocenters. The van der Waals surface area contributed by atoms with Gasteiger partial charge in [-0.3, -0.25) is 14.3 Å². The Hall–Kier alpha value is -2.94. The van der Waals surface area contributed by atoms with Crippen molar-refractivity contribution < 1.29 is 19.4 Å². The van der Waals surface area contributed by atoms with Crippen LogP contribution in [0, 0.1) is 0 Å². The summed E-state index contributed by atoms with van der Waals surface area (Å²) in [6.45, 7) is 2.21. The lowest BCUT2D eigenvalue weighted by Gasteiger charge is -2.28. The molecule has 2 heterocycles. The number of aliphatic hydroxyl groups is 1. The lowest BCUT2D eigenvalue weighted by molar-refractivity contribution is -0.118. The normalized spacial score (nSPS) is 17.9. The third-order valence-electron chi connectivity index (χ3n) is 6.68. The Morgan fingerprint density at radius 3 is 2.69 bits per heavy atom. The van der Waals surface area contributed by atoms with Crippen molar-refractivity contribution in [2.24, 2.45) is 7.05 Å². The second-order valence-corrected chi connectivity index (χ2v) is 9.82. The number of nitrogens with one attached hydrogen (secondary N) is 1. The Labute approximate surface area is 208 Å². The van der Waals surface area contributed by atoms with Crippen LogP contribution in [-0.4, -0.2) is 63.3 Å². The van der Waals surface area contributed by atoms with E-state index in [1.807, 2.05) is 0 Å². The lowest BCUT2D eigenvalue weighted by Crippen LogP contribution is -2.48. The van der Waals surface area contributed by atoms with Gasteiger partial charge in [0, 0.05) is 24.5 Å². The lowest BCUT2D eigenvalue weighted by atomic mass is 10.0. The number of halogens is 1. The number of likely N-dealkylation sites (tertiary alicyclic amines) is 1. The predicted octanol–water partition coefficient (Wildman–Crippen LogP) is 3.26. The van der Waals surface area contributed by atoms with Gasteiger partial charge >= 0.3 is 0 Å². The minimum absolute atomic E-state index is 0.210. The van der Waals surface area contributed by atoms with Gasteiger partial charge in [0.15, 0.2) is 0 Å². The van der Waals surface area contributed by atoms with E-state index < -0.39 is 23.8 Å². The predicted molar refractivity (Wildman–Crippen MR) is 133 cm³/mol. The van der Waals surface area contributed by atoms with Crippen LogP contribution in [0.1, 0.15) is 47.7 Å². The molecule has 1 aliphatic carbocycles. The molecule has 8 nitrogen and oxygen atoms in total. The van der Waals surface area contributed by atoms with Crippen molar-refractivity contribution >= 4 is 34.2 Å². The van der Waals surface area contributed by atoms with Crippen LogP contribution in [0.25, 0.3) is 10.9 Å². The van der Waals surface area contributed by atoms with E-state index in [4.69, 9.17) is 16.3 Å². The molecule has 35 heavy (non-hydrogen) atoms. The molecule has 184 valence electrons. The standard InChI is InChI=1S/C26H29ClN4O4/c1-30-22-13-17(4-5-18(22)14-28-30)25(33)26(34)29-21(15-31-10-2-3-11-31)24(32)16-6-9-23(20(27)12-16)35-19-7-8-19/h4-6,9,12-14,19,21,24,32H,2-3,7-8,10-11,15H2,1H3,(H,29,34)/t21-,24-/m1/s1. The number of fused-ring (bicyclic) bond motifs is 1. The van der Waals surface area contributed by atoms with Gasteiger partial charge in [-0.15, -0.1) is 0 Å². The number of nitrogens with zero attached hydrogens (tertiary/aromatic N) is 3. The van der Waals surface area contributed by atoms with Gasteiger partial charge in [0.25, 0.3) is 5.91 Å². The molecule has 2 N–H and O–H groups in total. The maximum Gasteiger partial charge on any atom is 0.292 e. The maximum absolute atomic E-state index is 13.0. The summed E-state index contributed by atoms with van der Waals surface area (Å²) < 4.78 is 7.45. The fraction of sp³-hybridized carbons (Fsp3) is 0.423. The van der Waals surface area contributed by atoms with Crippen molar-refractivity contribution in [1.29, 1.82) is 0 Å². The van der Waals surface area contributed by atoms with Crippen LogP contribution in [0.2, 0.25) is 5.02 Å². The molecule has 2 aromatic carbocycles. The average Bonchev–Trinajstić information content (AvgIpc) is 3.38. The number of aliphatic hydroxyl groups excluding tert-OH is 1. The summed E-state index contributed by atoms with van der Waals surface area (Å²) in [6.07, 6.45) is 5.05. The van der Waals surface area contributed by atoms with E-state index >= 15 is 0 Å². The van der Waals surface area contributed by atoms with Gasteiger partial charge in [-0.25, -0.2) is 0 Å². The van der Waals surface area contributed by atoms with Gasteiger partial charge < -0.3 is 20.1 Å². The number of benzene rings is 2.